The van der Waals surface area contributed by atoms with Crippen LogP contribution in [0, 0.1) is 6.92 Å². The summed E-state index contributed by atoms with van der Waals surface area (Å²) in [6.45, 7) is 4.10. The molecular formula is C30H30F4N8O. The Hall–Kier alpha value is -4.49. The predicted molar refractivity (Wildman–Crippen MR) is 155 cm³/mol. The number of aryl methyl sites for hydroxylation is 1. The number of halogens is 4. The number of nitrogens with one attached hydrogen (secondary N) is 2. The van der Waals surface area contributed by atoms with Crippen LogP contribution in [0.3, 0.4) is 0 Å². The zero-order chi connectivity index (χ0) is 30.4. The lowest BCUT2D eigenvalue weighted by atomic mass is 10.0. The van der Waals surface area contributed by atoms with E-state index in [4.69, 9.17) is 0 Å². The molecule has 4 aromatic rings. The number of rotatable bonds is 9. The number of anilines is 3. The molecule has 0 bridgehead atoms. The number of hydrogen-bond acceptors (Lipinski definition) is 8. The Morgan fingerprint density at radius 2 is 1.72 bits per heavy atom. The number of hydrogen-bond donors (Lipinski definition) is 2. The van der Waals surface area contributed by atoms with E-state index in [1.807, 2.05) is 16.7 Å². The van der Waals surface area contributed by atoms with Crippen LogP contribution in [0.2, 0.25) is 0 Å². The number of amides is 1. The number of benzene rings is 2. The van der Waals surface area contributed by atoms with E-state index in [1.165, 1.54) is 18.5 Å². The zero-order valence-corrected chi connectivity index (χ0v) is 23.4. The highest BCUT2D eigenvalue weighted by molar-refractivity contribution is 6.04. The summed E-state index contributed by atoms with van der Waals surface area (Å²) in [5.74, 6) is -0.365. The van der Waals surface area contributed by atoms with E-state index in [-0.39, 0.29) is 17.7 Å². The Kier molecular flexibility index (Phi) is 9.22. The number of piperazine rings is 1. The van der Waals surface area contributed by atoms with E-state index in [0.717, 1.165) is 11.6 Å². The molecular weight excluding hydrogens is 564 g/mol. The van der Waals surface area contributed by atoms with Crippen LogP contribution in [0.15, 0.2) is 67.4 Å². The van der Waals surface area contributed by atoms with Crippen LogP contribution in [0.25, 0.3) is 11.3 Å². The summed E-state index contributed by atoms with van der Waals surface area (Å²) in [6, 6.07) is 10.5. The van der Waals surface area contributed by atoms with Gasteiger partial charge in [0.05, 0.1) is 11.3 Å². The highest BCUT2D eigenvalue weighted by Crippen LogP contribution is 2.34. The van der Waals surface area contributed by atoms with Crippen molar-refractivity contribution in [3.8, 4) is 11.3 Å². The van der Waals surface area contributed by atoms with Gasteiger partial charge in [-0.3, -0.25) is 14.6 Å². The lowest BCUT2D eigenvalue weighted by Gasteiger charge is -2.34. The van der Waals surface area contributed by atoms with Crippen LogP contribution in [-0.2, 0) is 12.7 Å². The quantitative estimate of drug-likeness (QED) is 0.251. The molecule has 2 N–H and O–H groups in total. The van der Waals surface area contributed by atoms with Gasteiger partial charge < -0.3 is 10.6 Å². The third-order valence-electron chi connectivity index (χ3n) is 7.19. The van der Waals surface area contributed by atoms with Crippen molar-refractivity contribution in [2.45, 2.75) is 19.6 Å². The van der Waals surface area contributed by atoms with Gasteiger partial charge in [0.25, 0.3) is 5.91 Å². The summed E-state index contributed by atoms with van der Waals surface area (Å²) < 4.78 is 54.8. The van der Waals surface area contributed by atoms with E-state index in [0.29, 0.717) is 61.3 Å². The topological polar surface area (TPSA) is 99.2 Å². The third kappa shape index (κ3) is 7.67. The molecule has 5 rings (SSSR count). The monoisotopic (exact) mass is 594 g/mol. The average molecular weight is 595 g/mol. The summed E-state index contributed by atoms with van der Waals surface area (Å²) in [5.41, 5.74) is 2.29. The Morgan fingerprint density at radius 3 is 2.44 bits per heavy atom. The van der Waals surface area contributed by atoms with Crippen molar-refractivity contribution in [2.24, 2.45) is 0 Å². The second kappa shape index (κ2) is 13.2. The molecule has 3 heterocycles. The maximum atomic E-state index is 14.0. The van der Waals surface area contributed by atoms with Crippen molar-refractivity contribution in [2.75, 3.05) is 50.0 Å². The standard InChI is InChI=1S/C30H30F4N8O/c1-20-2-5-24(15-27(20)40-29-37-8-6-26(39-29)23-16-35-19-36-17-23)38-28(43)21-3-4-22(25(14-21)30(32,33)34)18-42-12-10-41(9-7-31)11-13-42/h2-6,8,14-17,19H,7,9-13,18H2,1H3,(H,38,43)(H,37,39,40). The van der Waals surface area contributed by atoms with Crippen LogP contribution in [0.1, 0.15) is 27.0 Å². The molecule has 0 radical (unpaired) electrons. The van der Waals surface area contributed by atoms with Gasteiger partial charge in [-0.1, -0.05) is 12.1 Å². The predicted octanol–water partition coefficient (Wildman–Crippen LogP) is 5.34. The van der Waals surface area contributed by atoms with Crippen molar-refractivity contribution in [1.82, 2.24) is 29.7 Å². The first kappa shape index (κ1) is 30.0. The summed E-state index contributed by atoms with van der Waals surface area (Å²) in [7, 11) is 0. The van der Waals surface area contributed by atoms with Gasteiger partial charge in [0.2, 0.25) is 5.95 Å². The minimum Gasteiger partial charge on any atom is -0.324 e. The van der Waals surface area contributed by atoms with Crippen LogP contribution in [0.4, 0.5) is 34.9 Å². The van der Waals surface area contributed by atoms with Gasteiger partial charge in [0.1, 0.15) is 13.0 Å². The molecule has 224 valence electrons. The van der Waals surface area contributed by atoms with Gasteiger partial charge >= 0.3 is 6.18 Å². The second-order valence-corrected chi connectivity index (χ2v) is 10.2. The van der Waals surface area contributed by atoms with Crippen molar-refractivity contribution >= 4 is 23.2 Å². The molecule has 43 heavy (non-hydrogen) atoms. The molecule has 1 fully saturated rings. The van der Waals surface area contributed by atoms with Gasteiger partial charge in [-0.15, -0.1) is 0 Å². The highest BCUT2D eigenvalue weighted by Gasteiger charge is 2.34. The zero-order valence-electron chi connectivity index (χ0n) is 23.4. The normalized spacial score (nSPS) is 14.4. The third-order valence-corrected chi connectivity index (χ3v) is 7.19. The molecule has 9 nitrogen and oxygen atoms in total. The molecule has 0 saturated carbocycles. The van der Waals surface area contributed by atoms with Crippen molar-refractivity contribution in [3.63, 3.8) is 0 Å². The molecule has 0 unspecified atom stereocenters. The molecule has 2 aromatic carbocycles. The number of nitrogens with zero attached hydrogens (tertiary/aromatic N) is 6. The van der Waals surface area contributed by atoms with Crippen molar-refractivity contribution in [1.29, 1.82) is 0 Å². The molecule has 0 aliphatic carbocycles. The fourth-order valence-corrected chi connectivity index (χ4v) is 4.82. The largest absolute Gasteiger partial charge is 0.416 e. The van der Waals surface area contributed by atoms with E-state index in [9.17, 15) is 22.4 Å². The molecule has 0 spiro atoms. The minimum absolute atomic E-state index is 0.0910. The maximum Gasteiger partial charge on any atom is 0.416 e. The van der Waals surface area contributed by atoms with Gasteiger partial charge in [-0.2, -0.15) is 13.2 Å². The lowest BCUT2D eigenvalue weighted by molar-refractivity contribution is -0.138. The smallest absolute Gasteiger partial charge is 0.324 e. The number of carbonyl (C=O) groups excluding carboxylic acids is 1. The van der Waals surface area contributed by atoms with Crippen LogP contribution in [0.5, 0.6) is 0 Å². The number of aromatic nitrogens is 4. The van der Waals surface area contributed by atoms with Gasteiger partial charge in [-0.05, 0) is 48.4 Å². The van der Waals surface area contributed by atoms with Crippen molar-refractivity contribution in [3.05, 3.63) is 89.6 Å². The fraction of sp³-hybridized carbons (Fsp3) is 0.300. The van der Waals surface area contributed by atoms with Gasteiger partial charge in [-0.25, -0.2) is 24.3 Å². The maximum absolute atomic E-state index is 14.0. The molecule has 13 heteroatoms. The van der Waals surface area contributed by atoms with E-state index < -0.39 is 24.3 Å². The second-order valence-electron chi connectivity index (χ2n) is 10.2. The molecule has 1 aliphatic heterocycles. The lowest BCUT2D eigenvalue weighted by Crippen LogP contribution is -2.46. The number of carbonyl (C=O) groups is 1. The Labute approximate surface area is 246 Å². The first-order chi connectivity index (χ1) is 20.7. The molecule has 1 amide bonds. The summed E-state index contributed by atoms with van der Waals surface area (Å²) in [6.07, 6.45) is 1.64. The first-order valence-electron chi connectivity index (χ1n) is 13.7. The molecule has 2 aromatic heterocycles. The first-order valence-corrected chi connectivity index (χ1v) is 13.7. The van der Waals surface area contributed by atoms with Gasteiger partial charge in [0, 0.05) is 80.4 Å². The highest BCUT2D eigenvalue weighted by atomic mass is 19.4. The van der Waals surface area contributed by atoms with E-state index >= 15 is 0 Å². The Morgan fingerprint density at radius 1 is 0.977 bits per heavy atom. The van der Waals surface area contributed by atoms with Crippen LogP contribution >= 0.6 is 0 Å². The van der Waals surface area contributed by atoms with Crippen LogP contribution in [-0.4, -0.2) is 75.0 Å². The Balaban J connectivity index is 1.29. The van der Waals surface area contributed by atoms with Gasteiger partial charge in [0.15, 0.2) is 0 Å². The molecule has 1 aliphatic rings. The molecule has 1 saturated heterocycles. The fourth-order valence-electron chi connectivity index (χ4n) is 4.82. The van der Waals surface area contributed by atoms with Crippen LogP contribution < -0.4 is 10.6 Å². The van der Waals surface area contributed by atoms with E-state index in [1.54, 1.807) is 42.9 Å². The van der Waals surface area contributed by atoms with Crippen molar-refractivity contribution < 1.29 is 22.4 Å². The Bertz CT molecular complexity index is 1560. The van der Waals surface area contributed by atoms with E-state index in [2.05, 4.69) is 30.6 Å². The molecule has 0 atom stereocenters. The SMILES string of the molecule is Cc1ccc(NC(=O)c2ccc(CN3CCN(CCF)CC3)c(C(F)(F)F)c2)cc1Nc1nccc(-c2cncnc2)n1. The minimum atomic E-state index is -4.64. The summed E-state index contributed by atoms with van der Waals surface area (Å²) in [4.78, 5) is 33.7. The summed E-state index contributed by atoms with van der Waals surface area (Å²) >= 11 is 0. The summed E-state index contributed by atoms with van der Waals surface area (Å²) in [5, 5.41) is 5.83. The number of alkyl halides is 4. The average Bonchev–Trinajstić information content (AvgIpc) is 3.00.